The highest BCUT2D eigenvalue weighted by Gasteiger charge is 2.49. The number of pyridine rings is 2. The highest BCUT2D eigenvalue weighted by molar-refractivity contribution is 5.79. The fourth-order valence-corrected chi connectivity index (χ4v) is 5.38. The number of hydrogen-bond acceptors (Lipinski definition) is 6. The van der Waals surface area contributed by atoms with Crippen molar-refractivity contribution in [1.29, 1.82) is 0 Å². The van der Waals surface area contributed by atoms with Gasteiger partial charge in [-0.2, -0.15) is 0 Å². The van der Waals surface area contributed by atoms with Crippen LogP contribution in [0.4, 0.5) is 13.2 Å². The molecular formula is C29H31F3N4O3. The number of hydrogen-bond donors (Lipinski definition) is 2. The Morgan fingerprint density at radius 2 is 1.95 bits per heavy atom. The number of fused-ring (bicyclic) bond motifs is 4. The first-order chi connectivity index (χ1) is 18.8. The van der Waals surface area contributed by atoms with Crippen molar-refractivity contribution in [2.45, 2.75) is 49.7 Å². The molecule has 2 N–H and O–H groups in total. The molecule has 2 aliphatic heterocycles. The van der Waals surface area contributed by atoms with E-state index in [2.05, 4.69) is 20.6 Å². The zero-order valence-electron chi connectivity index (χ0n) is 21.7. The molecule has 206 valence electrons. The van der Waals surface area contributed by atoms with Crippen molar-refractivity contribution >= 4 is 23.0 Å². The molecule has 4 heterocycles. The molecule has 6 rings (SSSR count). The predicted molar refractivity (Wildman–Crippen MR) is 141 cm³/mol. The lowest BCUT2D eigenvalue weighted by Gasteiger charge is -2.53. The van der Waals surface area contributed by atoms with E-state index in [0.29, 0.717) is 42.6 Å². The number of carbonyl (C=O) groups is 1. The molecule has 3 fully saturated rings. The Kier molecular flexibility index (Phi) is 7.86. The SMILES string of the molecule is CNC(=O)COc1ccc2ncc(F)c(CCC34CCC(NCC=Cc5cc(F)ccc5F)(CC3)CO4)c2n1. The maximum atomic E-state index is 14.9. The number of carbonyl (C=O) groups excluding carboxylic acids is 1. The minimum atomic E-state index is -0.475. The van der Waals surface area contributed by atoms with Gasteiger partial charge in [-0.15, -0.1) is 0 Å². The van der Waals surface area contributed by atoms with Gasteiger partial charge in [0.05, 0.1) is 29.4 Å². The van der Waals surface area contributed by atoms with Crippen molar-refractivity contribution < 1.29 is 27.4 Å². The van der Waals surface area contributed by atoms with E-state index in [1.807, 2.05) is 0 Å². The summed E-state index contributed by atoms with van der Waals surface area (Å²) in [6.07, 6.45) is 9.14. The summed E-state index contributed by atoms with van der Waals surface area (Å²) in [6, 6.07) is 6.71. The van der Waals surface area contributed by atoms with Crippen LogP contribution in [0.1, 0.15) is 43.2 Å². The Labute approximate surface area is 224 Å². The van der Waals surface area contributed by atoms with Gasteiger partial charge in [-0.1, -0.05) is 12.2 Å². The lowest BCUT2D eigenvalue weighted by Crippen LogP contribution is -2.61. The monoisotopic (exact) mass is 540 g/mol. The first kappa shape index (κ1) is 27.1. The first-order valence-electron chi connectivity index (χ1n) is 13.1. The predicted octanol–water partition coefficient (Wildman–Crippen LogP) is 4.49. The molecule has 1 amide bonds. The maximum absolute atomic E-state index is 14.9. The molecule has 10 heteroatoms. The number of rotatable bonds is 10. The van der Waals surface area contributed by atoms with E-state index in [4.69, 9.17) is 9.47 Å². The van der Waals surface area contributed by atoms with Crippen LogP contribution < -0.4 is 15.4 Å². The molecule has 3 aliphatic rings. The van der Waals surface area contributed by atoms with Gasteiger partial charge in [0.25, 0.3) is 5.91 Å². The van der Waals surface area contributed by atoms with E-state index < -0.39 is 17.5 Å². The lowest BCUT2D eigenvalue weighted by molar-refractivity contribution is -0.164. The Morgan fingerprint density at radius 1 is 1.13 bits per heavy atom. The molecule has 2 aromatic heterocycles. The smallest absolute Gasteiger partial charge is 0.257 e. The number of aryl methyl sites for hydroxylation is 1. The average molecular weight is 541 g/mol. The van der Waals surface area contributed by atoms with E-state index in [0.717, 1.165) is 37.8 Å². The van der Waals surface area contributed by atoms with Crippen molar-refractivity contribution in [2.75, 3.05) is 26.8 Å². The van der Waals surface area contributed by atoms with E-state index in [1.54, 1.807) is 24.3 Å². The van der Waals surface area contributed by atoms with Crippen molar-refractivity contribution in [3.05, 3.63) is 71.2 Å². The topological polar surface area (TPSA) is 85.4 Å². The molecule has 39 heavy (non-hydrogen) atoms. The molecular weight excluding hydrogens is 509 g/mol. The van der Waals surface area contributed by atoms with Crippen LogP contribution in [0.25, 0.3) is 17.1 Å². The van der Waals surface area contributed by atoms with E-state index in [9.17, 15) is 18.0 Å². The number of nitrogens with zero attached hydrogens (tertiary/aromatic N) is 2. The number of aromatic nitrogens is 2. The standard InChI is InChI=1S/C29H31F3N4O3/c1-33-25(37)17-38-26-7-6-24-27(36-26)21(23(32)16-34-24)8-9-29-12-10-28(11-13-29,18-39-29)35-14-2-3-19-15-20(30)4-5-22(19)31/h2-7,15-16,35H,8-14,17-18H2,1H3,(H,33,37). The third-order valence-electron chi connectivity index (χ3n) is 7.82. The number of nitrogens with one attached hydrogen (secondary N) is 2. The van der Waals surface area contributed by atoms with Crippen LogP contribution >= 0.6 is 0 Å². The van der Waals surface area contributed by atoms with Crippen LogP contribution in [0.2, 0.25) is 0 Å². The molecule has 2 saturated heterocycles. The normalized spacial score (nSPS) is 22.5. The van der Waals surface area contributed by atoms with Gasteiger partial charge in [0, 0.05) is 36.3 Å². The van der Waals surface area contributed by atoms with Gasteiger partial charge in [-0.05, 0) is 62.8 Å². The number of halogens is 3. The van der Waals surface area contributed by atoms with Crippen LogP contribution in [0, 0.1) is 17.5 Å². The van der Waals surface area contributed by atoms with Crippen molar-refractivity contribution in [1.82, 2.24) is 20.6 Å². The summed E-state index contributed by atoms with van der Waals surface area (Å²) in [5.74, 6) is -1.43. The Bertz CT molecular complexity index is 1370. The van der Waals surface area contributed by atoms with Gasteiger partial charge >= 0.3 is 0 Å². The summed E-state index contributed by atoms with van der Waals surface area (Å²) in [5, 5.41) is 6.01. The first-order valence-corrected chi connectivity index (χ1v) is 13.1. The third-order valence-corrected chi connectivity index (χ3v) is 7.82. The highest BCUT2D eigenvalue weighted by atomic mass is 19.1. The lowest BCUT2D eigenvalue weighted by atomic mass is 9.69. The molecule has 0 unspecified atom stereocenters. The Balaban J connectivity index is 1.20. The highest BCUT2D eigenvalue weighted by Crippen LogP contribution is 2.46. The molecule has 3 aromatic rings. The van der Waals surface area contributed by atoms with E-state index >= 15 is 0 Å². The van der Waals surface area contributed by atoms with Gasteiger partial charge in [0.1, 0.15) is 17.5 Å². The Hall–Kier alpha value is -3.50. The molecule has 1 aromatic carbocycles. The van der Waals surface area contributed by atoms with E-state index in [-0.39, 0.29) is 35.1 Å². The molecule has 7 nitrogen and oxygen atoms in total. The third kappa shape index (κ3) is 6.07. The summed E-state index contributed by atoms with van der Waals surface area (Å²) in [4.78, 5) is 20.1. The number of amides is 1. The van der Waals surface area contributed by atoms with Crippen LogP contribution in [-0.2, 0) is 16.0 Å². The largest absolute Gasteiger partial charge is 0.468 e. The van der Waals surface area contributed by atoms with Gasteiger partial charge in [-0.3, -0.25) is 9.78 Å². The minimum Gasteiger partial charge on any atom is -0.468 e. The van der Waals surface area contributed by atoms with Gasteiger partial charge in [0.2, 0.25) is 5.88 Å². The number of likely N-dealkylation sites (N-methyl/N-ethyl adjacent to an activating group) is 1. The molecule has 0 radical (unpaired) electrons. The Morgan fingerprint density at radius 3 is 2.69 bits per heavy atom. The zero-order valence-corrected chi connectivity index (χ0v) is 21.7. The van der Waals surface area contributed by atoms with Gasteiger partial charge in [0.15, 0.2) is 6.61 Å². The second-order valence-electron chi connectivity index (χ2n) is 10.3. The summed E-state index contributed by atoms with van der Waals surface area (Å²) < 4.78 is 53.9. The van der Waals surface area contributed by atoms with Crippen molar-refractivity contribution in [3.63, 3.8) is 0 Å². The second kappa shape index (κ2) is 11.3. The second-order valence-corrected chi connectivity index (χ2v) is 10.3. The molecule has 0 atom stereocenters. The fraction of sp³-hybridized carbons (Fsp3) is 0.414. The average Bonchev–Trinajstić information content (AvgIpc) is 2.96. The molecule has 1 aliphatic carbocycles. The molecule has 0 spiro atoms. The van der Waals surface area contributed by atoms with Crippen LogP contribution in [0.3, 0.4) is 0 Å². The van der Waals surface area contributed by atoms with Crippen LogP contribution in [0.15, 0.2) is 42.6 Å². The van der Waals surface area contributed by atoms with Crippen LogP contribution in [-0.4, -0.2) is 53.8 Å². The zero-order chi connectivity index (χ0) is 27.5. The molecule has 1 saturated carbocycles. The summed E-state index contributed by atoms with van der Waals surface area (Å²) >= 11 is 0. The van der Waals surface area contributed by atoms with Crippen LogP contribution in [0.5, 0.6) is 5.88 Å². The van der Waals surface area contributed by atoms with Crippen molar-refractivity contribution in [2.24, 2.45) is 0 Å². The number of benzene rings is 1. The number of ether oxygens (including phenoxy) is 2. The summed E-state index contributed by atoms with van der Waals surface area (Å²) in [6.45, 7) is 0.859. The fourth-order valence-electron chi connectivity index (χ4n) is 5.38. The quantitative estimate of drug-likeness (QED) is 0.394. The van der Waals surface area contributed by atoms with Gasteiger partial charge < -0.3 is 20.1 Å². The summed E-state index contributed by atoms with van der Waals surface area (Å²) in [5.41, 5.74) is 1.15. The molecule has 2 bridgehead atoms. The van der Waals surface area contributed by atoms with Crippen molar-refractivity contribution in [3.8, 4) is 5.88 Å². The maximum Gasteiger partial charge on any atom is 0.257 e. The summed E-state index contributed by atoms with van der Waals surface area (Å²) in [7, 11) is 1.52. The minimum absolute atomic E-state index is 0.167. The van der Waals surface area contributed by atoms with Gasteiger partial charge in [-0.25, -0.2) is 18.2 Å². The van der Waals surface area contributed by atoms with E-state index in [1.165, 1.54) is 19.3 Å².